The molecule has 1 aliphatic carbocycles. The van der Waals surface area contributed by atoms with E-state index < -0.39 is 28.6 Å². The van der Waals surface area contributed by atoms with Crippen LogP contribution in [-0.4, -0.2) is 38.8 Å². The Morgan fingerprint density at radius 1 is 0.773 bits per heavy atom. The maximum absolute atomic E-state index is 11.4. The maximum atomic E-state index is 11.4. The second-order valence-corrected chi connectivity index (χ2v) is 16.1. The number of carboxylic acid groups (broad SMARTS) is 2. The van der Waals surface area contributed by atoms with Crippen LogP contribution in [0.1, 0.15) is 12.8 Å². The van der Waals surface area contributed by atoms with Crippen molar-refractivity contribution >= 4 is 28.6 Å². The van der Waals surface area contributed by atoms with Gasteiger partial charge in [-0.1, -0.05) is 0 Å². The van der Waals surface area contributed by atoms with Crippen LogP contribution < -0.4 is 0 Å². The largest absolute Gasteiger partial charge is 0.545 e. The molecule has 0 amide bonds. The van der Waals surface area contributed by atoms with E-state index in [-0.39, 0.29) is 24.0 Å². The molecule has 6 nitrogen and oxygen atoms in total. The van der Waals surface area contributed by atoms with Crippen LogP contribution in [0.3, 0.4) is 0 Å². The van der Waals surface area contributed by atoms with E-state index in [0.29, 0.717) is 11.5 Å². The molecule has 0 saturated carbocycles. The third-order valence-corrected chi connectivity index (χ3v) is 4.44. The number of rotatable bonds is 6. The average molecular weight is 345 g/mol. The standard InChI is InChI=1S/C14H24O6Si2/c1-21(2,3)19-11-7-9(13(15)16)10(14(17)18)8-12(11)20-22(4,5)6/h7-8H2,1-6H3,(H,15,16)(H,17,18). The van der Waals surface area contributed by atoms with Crippen LogP contribution >= 0.6 is 0 Å². The van der Waals surface area contributed by atoms with E-state index in [1.54, 1.807) is 0 Å². The minimum absolute atomic E-state index is 0.0406. The quantitative estimate of drug-likeness (QED) is 0.719. The molecular weight excluding hydrogens is 320 g/mol. The molecule has 0 unspecified atom stereocenters. The summed E-state index contributed by atoms with van der Waals surface area (Å²) in [5, 5.41) is 18.5. The van der Waals surface area contributed by atoms with Gasteiger partial charge in [0.05, 0.1) is 11.1 Å². The Morgan fingerprint density at radius 3 is 1.23 bits per heavy atom. The molecule has 0 aliphatic heterocycles. The Bertz CT molecular complexity index is 501. The number of allylic oxidation sites excluding steroid dienone is 2. The van der Waals surface area contributed by atoms with E-state index in [2.05, 4.69) is 0 Å². The van der Waals surface area contributed by atoms with E-state index in [1.165, 1.54) is 0 Å². The summed E-state index contributed by atoms with van der Waals surface area (Å²) in [6.07, 6.45) is -0.0813. The van der Waals surface area contributed by atoms with Crippen LogP contribution in [0.25, 0.3) is 0 Å². The van der Waals surface area contributed by atoms with Crippen LogP contribution in [0.15, 0.2) is 22.7 Å². The molecule has 0 heterocycles. The zero-order valence-electron chi connectivity index (χ0n) is 13.9. The van der Waals surface area contributed by atoms with Crippen LogP contribution in [0.5, 0.6) is 0 Å². The second-order valence-electron chi connectivity index (χ2n) is 7.20. The van der Waals surface area contributed by atoms with Crippen molar-refractivity contribution in [2.24, 2.45) is 0 Å². The molecule has 1 rings (SSSR count). The molecule has 0 spiro atoms. The zero-order valence-corrected chi connectivity index (χ0v) is 15.9. The summed E-state index contributed by atoms with van der Waals surface area (Å²) in [5.41, 5.74) is -0.243. The highest BCUT2D eigenvalue weighted by atomic mass is 28.4. The van der Waals surface area contributed by atoms with Gasteiger partial charge in [0.1, 0.15) is 11.5 Å². The molecule has 8 heteroatoms. The number of hydrogen-bond acceptors (Lipinski definition) is 4. The lowest BCUT2D eigenvalue weighted by molar-refractivity contribution is -0.136. The van der Waals surface area contributed by atoms with Crippen LogP contribution in [0, 0.1) is 0 Å². The molecule has 0 radical (unpaired) electrons. The van der Waals surface area contributed by atoms with Gasteiger partial charge < -0.3 is 19.1 Å². The van der Waals surface area contributed by atoms with Gasteiger partial charge in [0, 0.05) is 12.8 Å². The van der Waals surface area contributed by atoms with E-state index in [4.69, 9.17) is 8.85 Å². The van der Waals surface area contributed by atoms with Crippen molar-refractivity contribution in [3.63, 3.8) is 0 Å². The monoisotopic (exact) mass is 344 g/mol. The van der Waals surface area contributed by atoms with Crippen molar-refractivity contribution in [1.29, 1.82) is 0 Å². The normalized spacial score (nSPS) is 16.6. The topological polar surface area (TPSA) is 93.1 Å². The molecule has 0 aromatic carbocycles. The first-order valence-electron chi connectivity index (χ1n) is 7.09. The molecule has 0 bridgehead atoms. The molecule has 0 aromatic heterocycles. The van der Waals surface area contributed by atoms with Gasteiger partial charge in [-0.05, 0) is 39.3 Å². The summed E-state index contributed by atoms with van der Waals surface area (Å²) in [7, 11) is -3.92. The second kappa shape index (κ2) is 6.29. The lowest BCUT2D eigenvalue weighted by Crippen LogP contribution is -2.32. The summed E-state index contributed by atoms with van der Waals surface area (Å²) in [5.74, 6) is -1.49. The SMILES string of the molecule is C[Si](C)(C)OC1=C(O[Si](C)(C)C)CC(C(=O)O)=C(C(=O)O)C1. The first kappa shape index (κ1) is 18.5. The Balaban J connectivity index is 3.27. The zero-order chi connectivity index (χ0) is 17.3. The van der Waals surface area contributed by atoms with Gasteiger partial charge in [-0.15, -0.1) is 0 Å². The summed E-state index contributed by atoms with van der Waals surface area (Å²) in [6, 6.07) is 0. The van der Waals surface area contributed by atoms with Gasteiger partial charge in [-0.25, -0.2) is 9.59 Å². The average Bonchev–Trinajstić information content (AvgIpc) is 2.26. The van der Waals surface area contributed by atoms with Gasteiger partial charge in [0.15, 0.2) is 0 Å². The third-order valence-electron chi connectivity index (χ3n) is 2.73. The Labute approximate surface area is 132 Å². The van der Waals surface area contributed by atoms with Gasteiger partial charge in [-0.2, -0.15) is 0 Å². The van der Waals surface area contributed by atoms with Crippen molar-refractivity contribution < 1.29 is 28.7 Å². The van der Waals surface area contributed by atoms with E-state index in [1.807, 2.05) is 39.3 Å². The summed E-state index contributed by atoms with van der Waals surface area (Å²) in [4.78, 5) is 22.7. The predicted octanol–water partition coefficient (Wildman–Crippen LogP) is 3.16. The van der Waals surface area contributed by atoms with Crippen molar-refractivity contribution in [1.82, 2.24) is 0 Å². The predicted molar refractivity (Wildman–Crippen MR) is 87.4 cm³/mol. The first-order valence-corrected chi connectivity index (χ1v) is 13.9. The first-order chi connectivity index (χ1) is 9.80. The van der Waals surface area contributed by atoms with Crippen LogP contribution in [0.2, 0.25) is 39.3 Å². The van der Waals surface area contributed by atoms with Crippen molar-refractivity contribution in [3.8, 4) is 0 Å². The number of carbonyl (C=O) groups is 2. The Kier molecular flexibility index (Phi) is 5.29. The Hall–Kier alpha value is -1.55. The highest BCUT2D eigenvalue weighted by Gasteiger charge is 2.34. The molecule has 2 N–H and O–H groups in total. The summed E-state index contributed by atoms with van der Waals surface area (Å²) >= 11 is 0. The Morgan fingerprint density at radius 2 is 1.05 bits per heavy atom. The van der Waals surface area contributed by atoms with E-state index in [9.17, 15) is 19.8 Å². The molecular formula is C14H24O6Si2. The molecule has 1 aliphatic rings. The lowest BCUT2D eigenvalue weighted by atomic mass is 9.94. The highest BCUT2D eigenvalue weighted by Crippen LogP contribution is 2.35. The molecule has 0 fully saturated rings. The van der Waals surface area contributed by atoms with Crippen molar-refractivity contribution in [2.45, 2.75) is 52.1 Å². The van der Waals surface area contributed by atoms with Gasteiger partial charge in [0.25, 0.3) is 0 Å². The molecule has 124 valence electrons. The van der Waals surface area contributed by atoms with Crippen LogP contribution in [0.4, 0.5) is 0 Å². The summed E-state index contributed by atoms with van der Waals surface area (Å²) < 4.78 is 11.9. The highest BCUT2D eigenvalue weighted by molar-refractivity contribution is 6.70. The lowest BCUT2D eigenvalue weighted by Gasteiger charge is -2.31. The van der Waals surface area contributed by atoms with Crippen LogP contribution in [-0.2, 0) is 18.4 Å². The van der Waals surface area contributed by atoms with Crippen molar-refractivity contribution in [2.75, 3.05) is 0 Å². The number of hydrogen-bond donors (Lipinski definition) is 2. The molecule has 0 saturated heterocycles. The van der Waals surface area contributed by atoms with E-state index >= 15 is 0 Å². The maximum Gasteiger partial charge on any atom is 0.332 e. The fourth-order valence-corrected chi connectivity index (χ4v) is 3.92. The molecule has 0 aromatic rings. The number of carboxylic acids is 2. The molecule has 0 atom stereocenters. The van der Waals surface area contributed by atoms with Gasteiger partial charge in [-0.3, -0.25) is 0 Å². The molecule has 22 heavy (non-hydrogen) atoms. The third kappa shape index (κ3) is 5.34. The minimum Gasteiger partial charge on any atom is -0.545 e. The van der Waals surface area contributed by atoms with E-state index in [0.717, 1.165) is 0 Å². The fourth-order valence-electron chi connectivity index (χ4n) is 2.07. The fraction of sp³-hybridized carbons (Fsp3) is 0.571. The van der Waals surface area contributed by atoms with Gasteiger partial charge >= 0.3 is 11.9 Å². The minimum atomic E-state index is -1.96. The number of aliphatic carboxylic acids is 2. The van der Waals surface area contributed by atoms with Crippen molar-refractivity contribution in [3.05, 3.63) is 22.7 Å². The smallest absolute Gasteiger partial charge is 0.332 e. The summed E-state index contributed by atoms with van der Waals surface area (Å²) in [6.45, 7) is 11.9. The van der Waals surface area contributed by atoms with Gasteiger partial charge in [0.2, 0.25) is 16.6 Å².